The highest BCUT2D eigenvalue weighted by molar-refractivity contribution is 5.96. The highest BCUT2D eigenvalue weighted by atomic mass is 16.5. The fourth-order valence-electron chi connectivity index (χ4n) is 1.66. The van der Waals surface area contributed by atoms with Crippen LogP contribution >= 0.6 is 0 Å². The van der Waals surface area contributed by atoms with E-state index in [1.165, 1.54) is 0 Å². The molecule has 0 fully saturated rings. The Bertz CT molecular complexity index is 582. The lowest BCUT2D eigenvalue weighted by Gasteiger charge is -2.05. The minimum Gasteiger partial charge on any atom is -0.493 e. The first kappa shape index (κ1) is 12.8. The lowest BCUT2D eigenvalue weighted by molar-refractivity contribution is 0.0962. The summed E-state index contributed by atoms with van der Waals surface area (Å²) in [6, 6.07) is 18.0. The standard InChI is InChI=1S/C16H13NO2/c17-12-13-6-8-15(9-7-13)19-11-10-16(18)14-4-2-1-3-5-14/h1-9H,10-11H2. The minimum absolute atomic E-state index is 0.0641. The Kier molecular flexibility index (Phi) is 4.30. The van der Waals surface area contributed by atoms with Crippen LogP contribution in [-0.4, -0.2) is 12.4 Å². The molecule has 0 atom stereocenters. The van der Waals surface area contributed by atoms with Gasteiger partial charge < -0.3 is 4.74 Å². The second-order valence-electron chi connectivity index (χ2n) is 4.02. The van der Waals surface area contributed by atoms with Crippen molar-refractivity contribution in [1.29, 1.82) is 5.26 Å². The van der Waals surface area contributed by atoms with Crippen molar-refractivity contribution in [3.63, 3.8) is 0 Å². The number of hydrogen-bond donors (Lipinski definition) is 0. The van der Waals surface area contributed by atoms with Crippen molar-refractivity contribution in [1.82, 2.24) is 0 Å². The molecule has 0 heterocycles. The normalized spacial score (nSPS) is 9.63. The van der Waals surface area contributed by atoms with Gasteiger partial charge in [-0.1, -0.05) is 30.3 Å². The van der Waals surface area contributed by atoms with Crippen molar-refractivity contribution in [3.05, 3.63) is 65.7 Å². The Morgan fingerprint density at radius 1 is 1.05 bits per heavy atom. The summed E-state index contributed by atoms with van der Waals surface area (Å²) in [5.41, 5.74) is 1.29. The summed E-state index contributed by atoms with van der Waals surface area (Å²) in [6.07, 6.45) is 0.337. The van der Waals surface area contributed by atoms with Gasteiger partial charge in [-0.3, -0.25) is 4.79 Å². The minimum atomic E-state index is 0.0641. The van der Waals surface area contributed by atoms with E-state index in [2.05, 4.69) is 0 Å². The average Bonchev–Trinajstić information content (AvgIpc) is 2.49. The van der Waals surface area contributed by atoms with Crippen molar-refractivity contribution in [2.75, 3.05) is 6.61 Å². The zero-order valence-corrected chi connectivity index (χ0v) is 10.4. The van der Waals surface area contributed by atoms with Crippen LogP contribution < -0.4 is 4.74 Å². The van der Waals surface area contributed by atoms with Crippen LogP contribution in [0.3, 0.4) is 0 Å². The zero-order valence-electron chi connectivity index (χ0n) is 10.4. The van der Waals surface area contributed by atoms with Gasteiger partial charge in [-0.15, -0.1) is 0 Å². The van der Waals surface area contributed by atoms with Crippen molar-refractivity contribution >= 4 is 5.78 Å². The number of benzene rings is 2. The van der Waals surface area contributed by atoms with E-state index in [4.69, 9.17) is 10.00 Å². The number of ketones is 1. The second-order valence-corrected chi connectivity index (χ2v) is 4.02. The largest absolute Gasteiger partial charge is 0.493 e. The summed E-state index contributed by atoms with van der Waals surface area (Å²) in [5, 5.41) is 8.67. The quantitative estimate of drug-likeness (QED) is 0.767. The fraction of sp³-hybridized carbons (Fsp3) is 0.125. The Morgan fingerprint density at radius 3 is 2.37 bits per heavy atom. The number of Topliss-reactive ketones (excluding diaryl/α,β-unsaturated/α-hetero) is 1. The van der Waals surface area contributed by atoms with Gasteiger partial charge in [0.2, 0.25) is 0 Å². The van der Waals surface area contributed by atoms with Gasteiger partial charge in [0.1, 0.15) is 5.75 Å². The van der Waals surface area contributed by atoms with E-state index in [0.717, 1.165) is 0 Å². The molecule has 0 saturated carbocycles. The first-order valence-electron chi connectivity index (χ1n) is 6.01. The summed E-state index contributed by atoms with van der Waals surface area (Å²) in [4.78, 5) is 11.8. The van der Waals surface area contributed by atoms with Gasteiger partial charge in [0.05, 0.1) is 18.2 Å². The Labute approximate surface area is 112 Å². The molecular weight excluding hydrogens is 238 g/mol. The molecule has 3 nitrogen and oxygen atoms in total. The third kappa shape index (κ3) is 3.68. The van der Waals surface area contributed by atoms with Gasteiger partial charge in [-0.25, -0.2) is 0 Å². The summed E-state index contributed by atoms with van der Waals surface area (Å²) < 4.78 is 5.47. The van der Waals surface area contributed by atoms with Gasteiger partial charge in [-0.05, 0) is 24.3 Å². The van der Waals surface area contributed by atoms with E-state index >= 15 is 0 Å². The van der Waals surface area contributed by atoms with E-state index in [1.807, 2.05) is 24.3 Å². The molecule has 0 aliphatic carbocycles. The van der Waals surface area contributed by atoms with Crippen molar-refractivity contribution < 1.29 is 9.53 Å². The molecule has 0 aliphatic heterocycles. The Morgan fingerprint density at radius 2 is 1.74 bits per heavy atom. The first-order chi connectivity index (χ1) is 9.29. The lowest BCUT2D eigenvalue weighted by Crippen LogP contribution is -2.06. The number of nitrogens with zero attached hydrogens (tertiary/aromatic N) is 1. The van der Waals surface area contributed by atoms with Crippen LogP contribution in [0.25, 0.3) is 0 Å². The smallest absolute Gasteiger partial charge is 0.166 e. The SMILES string of the molecule is N#Cc1ccc(OCCC(=O)c2ccccc2)cc1. The maximum atomic E-state index is 11.8. The third-order valence-electron chi connectivity index (χ3n) is 2.68. The van der Waals surface area contributed by atoms with Crippen LogP contribution in [0.15, 0.2) is 54.6 Å². The average molecular weight is 251 g/mol. The van der Waals surface area contributed by atoms with Gasteiger partial charge in [0, 0.05) is 12.0 Å². The van der Waals surface area contributed by atoms with Gasteiger partial charge in [-0.2, -0.15) is 5.26 Å². The maximum Gasteiger partial charge on any atom is 0.166 e. The molecule has 0 aromatic heterocycles. The van der Waals surface area contributed by atoms with Crippen molar-refractivity contribution in [2.24, 2.45) is 0 Å². The molecule has 2 aromatic rings. The fourth-order valence-corrected chi connectivity index (χ4v) is 1.66. The van der Waals surface area contributed by atoms with Gasteiger partial charge in [0.25, 0.3) is 0 Å². The summed E-state index contributed by atoms with van der Waals surface area (Å²) in [5.74, 6) is 0.731. The van der Waals surface area contributed by atoms with Crippen LogP contribution in [0.1, 0.15) is 22.3 Å². The molecule has 0 bridgehead atoms. The summed E-state index contributed by atoms with van der Waals surface area (Å²) in [6.45, 7) is 0.333. The molecule has 2 rings (SSSR count). The number of ether oxygens (including phenoxy) is 1. The highest BCUT2D eigenvalue weighted by Gasteiger charge is 2.05. The van der Waals surface area contributed by atoms with E-state index in [9.17, 15) is 4.79 Å². The van der Waals surface area contributed by atoms with Gasteiger partial charge >= 0.3 is 0 Å². The predicted octanol–water partition coefficient (Wildman–Crippen LogP) is 3.21. The molecule has 0 spiro atoms. The van der Waals surface area contributed by atoms with E-state index < -0.39 is 0 Å². The topological polar surface area (TPSA) is 50.1 Å². The molecule has 94 valence electrons. The molecular formula is C16H13NO2. The molecule has 0 radical (unpaired) electrons. The molecule has 0 aliphatic rings. The number of carbonyl (C=O) groups is 1. The molecule has 0 unspecified atom stereocenters. The zero-order chi connectivity index (χ0) is 13.5. The van der Waals surface area contributed by atoms with E-state index in [0.29, 0.717) is 29.9 Å². The molecule has 0 amide bonds. The molecule has 0 saturated heterocycles. The maximum absolute atomic E-state index is 11.8. The first-order valence-corrected chi connectivity index (χ1v) is 6.01. The second kappa shape index (κ2) is 6.36. The van der Waals surface area contributed by atoms with Crippen LogP contribution in [0, 0.1) is 11.3 Å². The van der Waals surface area contributed by atoms with Gasteiger partial charge in [0.15, 0.2) is 5.78 Å². The van der Waals surface area contributed by atoms with Crippen LogP contribution in [-0.2, 0) is 0 Å². The number of hydrogen-bond acceptors (Lipinski definition) is 3. The van der Waals surface area contributed by atoms with Crippen molar-refractivity contribution in [2.45, 2.75) is 6.42 Å². The third-order valence-corrected chi connectivity index (χ3v) is 2.68. The van der Waals surface area contributed by atoms with Crippen molar-refractivity contribution in [3.8, 4) is 11.8 Å². The number of nitriles is 1. The van der Waals surface area contributed by atoms with E-state index in [1.54, 1.807) is 36.4 Å². The molecule has 2 aromatic carbocycles. The Hall–Kier alpha value is -2.60. The number of carbonyl (C=O) groups excluding carboxylic acids is 1. The number of rotatable bonds is 5. The molecule has 19 heavy (non-hydrogen) atoms. The van der Waals surface area contributed by atoms with E-state index in [-0.39, 0.29) is 5.78 Å². The molecule has 3 heteroatoms. The Balaban J connectivity index is 1.83. The highest BCUT2D eigenvalue weighted by Crippen LogP contribution is 2.12. The van der Waals surface area contributed by atoms with Crippen LogP contribution in [0.5, 0.6) is 5.75 Å². The van der Waals surface area contributed by atoms with Crippen LogP contribution in [0.4, 0.5) is 0 Å². The predicted molar refractivity (Wildman–Crippen MR) is 72.0 cm³/mol. The van der Waals surface area contributed by atoms with Crippen LogP contribution in [0.2, 0.25) is 0 Å². The molecule has 0 N–H and O–H groups in total. The summed E-state index contributed by atoms with van der Waals surface area (Å²) in [7, 11) is 0. The lowest BCUT2D eigenvalue weighted by atomic mass is 10.1. The summed E-state index contributed by atoms with van der Waals surface area (Å²) >= 11 is 0. The monoisotopic (exact) mass is 251 g/mol.